The maximum atomic E-state index is 12.5. The van der Waals surface area contributed by atoms with Crippen LogP contribution in [-0.2, 0) is 19.3 Å². The number of alkyl halides is 3. The van der Waals surface area contributed by atoms with Gasteiger partial charge in [0, 0.05) is 6.54 Å². The van der Waals surface area contributed by atoms with E-state index in [2.05, 4.69) is 20.6 Å². The van der Waals surface area contributed by atoms with E-state index in [9.17, 15) is 28.1 Å². The summed E-state index contributed by atoms with van der Waals surface area (Å²) in [5.41, 5.74) is -0.340. The van der Waals surface area contributed by atoms with E-state index < -0.39 is 22.6 Å². The minimum Gasteiger partial charge on any atom is -0.358 e. The Morgan fingerprint density at radius 2 is 1.96 bits per heavy atom. The molecule has 13 heteroatoms. The Hall–Kier alpha value is -3.77. The lowest BCUT2D eigenvalue weighted by Crippen LogP contribution is -2.23. The van der Waals surface area contributed by atoms with E-state index in [1.807, 2.05) is 0 Å². The van der Waals surface area contributed by atoms with Gasteiger partial charge in [-0.1, -0.05) is 17.3 Å². The topological polar surface area (TPSA) is 129 Å². The minimum absolute atomic E-state index is 0.0416. The third kappa shape index (κ3) is 4.49. The van der Waals surface area contributed by atoms with Crippen LogP contribution in [0.15, 0.2) is 41.1 Å². The van der Waals surface area contributed by atoms with Crippen LogP contribution >= 0.6 is 0 Å². The van der Waals surface area contributed by atoms with E-state index in [4.69, 9.17) is 4.52 Å². The van der Waals surface area contributed by atoms with Gasteiger partial charge in [-0.3, -0.25) is 4.79 Å². The van der Waals surface area contributed by atoms with E-state index in [0.29, 0.717) is 5.56 Å². The number of carbonyl (C=O) groups is 1. The van der Waals surface area contributed by atoms with E-state index in [1.54, 1.807) is 0 Å². The van der Waals surface area contributed by atoms with Crippen LogP contribution in [0, 0.1) is 10.1 Å². The van der Waals surface area contributed by atoms with Crippen molar-refractivity contribution in [1.82, 2.24) is 25.2 Å². The number of amides is 1. The fourth-order valence-corrected chi connectivity index (χ4v) is 2.16. The number of hydrogen-bond donors (Lipinski definition) is 1. The smallest absolute Gasteiger partial charge is 0.358 e. The van der Waals surface area contributed by atoms with Gasteiger partial charge in [-0.05, 0) is 22.6 Å². The summed E-state index contributed by atoms with van der Waals surface area (Å²) in [6, 6.07) is 5.50. The number of rotatable bonds is 6. The second-order valence-electron chi connectivity index (χ2n) is 5.52. The van der Waals surface area contributed by atoms with Gasteiger partial charge in [-0.25, -0.2) is 0 Å². The molecule has 2 heterocycles. The van der Waals surface area contributed by atoms with Crippen molar-refractivity contribution in [1.29, 1.82) is 0 Å². The average molecular weight is 396 g/mol. The second kappa shape index (κ2) is 7.46. The van der Waals surface area contributed by atoms with E-state index in [-0.39, 0.29) is 30.6 Å². The predicted molar refractivity (Wildman–Crippen MR) is 84.9 cm³/mol. The lowest BCUT2D eigenvalue weighted by Gasteiger charge is -2.07. The number of aromatic nitrogens is 4. The molecule has 2 aromatic heterocycles. The van der Waals surface area contributed by atoms with Gasteiger partial charge in [0.25, 0.3) is 0 Å². The maximum absolute atomic E-state index is 12.5. The van der Waals surface area contributed by atoms with Crippen LogP contribution in [0.1, 0.15) is 27.6 Å². The number of carbonyl (C=O) groups excluding carboxylic acids is 1. The largest absolute Gasteiger partial charge is 0.416 e. The normalized spacial score (nSPS) is 11.4. The van der Waals surface area contributed by atoms with Crippen molar-refractivity contribution in [2.24, 2.45) is 0 Å². The van der Waals surface area contributed by atoms with Crippen LogP contribution in [-0.4, -0.2) is 30.8 Å². The lowest BCUT2D eigenvalue weighted by molar-refractivity contribution is -0.389. The van der Waals surface area contributed by atoms with Gasteiger partial charge in [0.2, 0.25) is 0 Å². The zero-order valence-electron chi connectivity index (χ0n) is 13.9. The van der Waals surface area contributed by atoms with Gasteiger partial charge in [0.1, 0.15) is 6.54 Å². The van der Waals surface area contributed by atoms with Crippen molar-refractivity contribution < 1.29 is 27.4 Å². The Balaban J connectivity index is 1.57. The number of nitrogens with zero attached hydrogens (tertiary/aromatic N) is 5. The molecule has 1 N–H and O–H groups in total. The van der Waals surface area contributed by atoms with Crippen molar-refractivity contribution in [3.63, 3.8) is 0 Å². The molecule has 0 saturated heterocycles. The van der Waals surface area contributed by atoms with Crippen LogP contribution in [0.5, 0.6) is 0 Å². The average Bonchev–Trinajstić information content (AvgIpc) is 3.29. The summed E-state index contributed by atoms with van der Waals surface area (Å²) in [5.74, 6) is -1.36. The van der Waals surface area contributed by atoms with Crippen molar-refractivity contribution >= 4 is 11.7 Å². The number of nitrogens with one attached hydrogen (secondary N) is 1. The number of benzene rings is 1. The van der Waals surface area contributed by atoms with Crippen LogP contribution in [0.2, 0.25) is 0 Å². The van der Waals surface area contributed by atoms with Crippen molar-refractivity contribution in [2.45, 2.75) is 19.3 Å². The van der Waals surface area contributed by atoms with Gasteiger partial charge in [0.05, 0.1) is 22.9 Å². The zero-order chi connectivity index (χ0) is 20.3. The molecular weight excluding hydrogens is 385 g/mol. The maximum Gasteiger partial charge on any atom is 0.416 e. The quantitative estimate of drug-likeness (QED) is 0.499. The Labute approximate surface area is 154 Å². The Morgan fingerprint density at radius 1 is 1.25 bits per heavy atom. The molecule has 0 bridgehead atoms. The molecule has 0 unspecified atom stereocenters. The van der Waals surface area contributed by atoms with Gasteiger partial charge in [-0.15, -0.1) is 0 Å². The molecular formula is C15H11F3N6O4. The molecule has 10 nitrogen and oxygen atoms in total. The van der Waals surface area contributed by atoms with Crippen molar-refractivity contribution in [3.05, 3.63) is 69.5 Å². The first-order chi connectivity index (χ1) is 13.2. The fraction of sp³-hybridized carbons (Fsp3) is 0.200. The Morgan fingerprint density at radius 3 is 2.57 bits per heavy atom. The SMILES string of the molecule is O=C(NCc1ccc(C(F)(F)F)cc1)c1nc(Cn2ccc([N+](=O)[O-])n2)no1. The molecule has 0 aliphatic carbocycles. The summed E-state index contributed by atoms with van der Waals surface area (Å²) in [5, 5.41) is 20.3. The Bertz CT molecular complexity index is 996. The molecule has 0 radical (unpaired) electrons. The molecule has 0 aliphatic heterocycles. The molecule has 1 amide bonds. The molecule has 146 valence electrons. The summed E-state index contributed by atoms with van der Waals surface area (Å²) in [7, 11) is 0. The summed E-state index contributed by atoms with van der Waals surface area (Å²) < 4.78 is 43.6. The molecule has 0 atom stereocenters. The highest BCUT2D eigenvalue weighted by molar-refractivity contribution is 5.89. The predicted octanol–water partition coefficient (Wildman–Crippen LogP) is 2.17. The minimum atomic E-state index is -4.43. The molecule has 3 rings (SSSR count). The molecule has 0 aliphatic rings. The molecule has 0 fully saturated rings. The van der Waals surface area contributed by atoms with Gasteiger partial charge in [0.15, 0.2) is 5.82 Å². The van der Waals surface area contributed by atoms with Gasteiger partial charge in [-0.2, -0.15) is 22.8 Å². The molecule has 1 aromatic carbocycles. The first-order valence-electron chi connectivity index (χ1n) is 7.67. The number of halogens is 3. The Kier molecular flexibility index (Phi) is 5.06. The molecule has 0 spiro atoms. The molecule has 0 saturated carbocycles. The molecule has 28 heavy (non-hydrogen) atoms. The first-order valence-corrected chi connectivity index (χ1v) is 7.67. The lowest BCUT2D eigenvalue weighted by atomic mass is 10.1. The van der Waals surface area contributed by atoms with Gasteiger partial charge >= 0.3 is 23.8 Å². The number of hydrogen-bond acceptors (Lipinski definition) is 7. The second-order valence-corrected chi connectivity index (χ2v) is 5.52. The van der Waals surface area contributed by atoms with Gasteiger partial charge < -0.3 is 20.0 Å². The van der Waals surface area contributed by atoms with E-state index >= 15 is 0 Å². The third-order valence-corrected chi connectivity index (χ3v) is 3.51. The summed E-state index contributed by atoms with van der Waals surface area (Å²) in [4.78, 5) is 25.8. The fourth-order valence-electron chi connectivity index (χ4n) is 2.16. The summed E-state index contributed by atoms with van der Waals surface area (Å²) in [6.07, 6.45) is -3.09. The summed E-state index contributed by atoms with van der Waals surface area (Å²) in [6.45, 7) is -0.0937. The van der Waals surface area contributed by atoms with E-state index in [1.165, 1.54) is 29.1 Å². The highest BCUT2D eigenvalue weighted by Crippen LogP contribution is 2.29. The number of nitro groups is 1. The van der Waals surface area contributed by atoms with E-state index in [0.717, 1.165) is 12.1 Å². The third-order valence-electron chi connectivity index (χ3n) is 3.51. The first kappa shape index (κ1) is 19.0. The van der Waals surface area contributed by atoms with Crippen molar-refractivity contribution in [3.8, 4) is 0 Å². The standard InChI is InChI=1S/C15H11F3N6O4/c16-15(17,18)10-3-1-9(2-4-10)7-19-13(25)14-20-11(22-28-14)8-23-6-5-12(21-23)24(26)27/h1-6H,7-8H2,(H,19,25). The van der Waals surface area contributed by atoms with Crippen molar-refractivity contribution in [2.75, 3.05) is 0 Å². The zero-order valence-corrected chi connectivity index (χ0v) is 13.9. The summed E-state index contributed by atoms with van der Waals surface area (Å²) >= 11 is 0. The van der Waals surface area contributed by atoms with Crippen LogP contribution in [0.4, 0.5) is 19.0 Å². The monoisotopic (exact) mass is 396 g/mol. The van der Waals surface area contributed by atoms with Crippen LogP contribution < -0.4 is 5.32 Å². The highest BCUT2D eigenvalue weighted by Gasteiger charge is 2.29. The van der Waals surface area contributed by atoms with Crippen LogP contribution in [0.3, 0.4) is 0 Å². The highest BCUT2D eigenvalue weighted by atomic mass is 19.4. The van der Waals surface area contributed by atoms with Crippen LogP contribution in [0.25, 0.3) is 0 Å². The molecule has 3 aromatic rings.